The topological polar surface area (TPSA) is 38.9 Å². The first-order chi connectivity index (χ1) is 6.70. The summed E-state index contributed by atoms with van der Waals surface area (Å²) in [5.41, 5.74) is 7.69. The number of rotatable bonds is 3. The molecule has 1 spiro atoms. The molecule has 3 rings (SSSR count). The monoisotopic (exact) mass is 208 g/mol. The molecule has 2 unspecified atom stereocenters. The third-order valence-electron chi connectivity index (χ3n) is 3.48. The van der Waals surface area contributed by atoms with Crippen LogP contribution in [0.15, 0.2) is 5.38 Å². The van der Waals surface area contributed by atoms with Gasteiger partial charge in [0.25, 0.3) is 0 Å². The van der Waals surface area contributed by atoms with Crippen LogP contribution in [0.2, 0.25) is 0 Å². The Morgan fingerprint density at radius 2 is 2.50 bits per heavy atom. The Kier molecular flexibility index (Phi) is 1.77. The Labute approximate surface area is 88.5 Å². The van der Waals surface area contributed by atoms with E-state index in [4.69, 9.17) is 5.73 Å². The van der Waals surface area contributed by atoms with Crippen LogP contribution >= 0.6 is 11.3 Å². The highest BCUT2D eigenvalue weighted by Crippen LogP contribution is 2.75. The van der Waals surface area contributed by atoms with Crippen molar-refractivity contribution in [1.82, 2.24) is 4.98 Å². The van der Waals surface area contributed by atoms with Gasteiger partial charge in [0.15, 0.2) is 0 Å². The van der Waals surface area contributed by atoms with E-state index in [0.717, 1.165) is 17.8 Å². The van der Waals surface area contributed by atoms with Crippen LogP contribution in [0.1, 0.15) is 42.8 Å². The summed E-state index contributed by atoms with van der Waals surface area (Å²) in [6, 6.07) is 0.235. The predicted octanol–water partition coefficient (Wildman–Crippen LogP) is 2.30. The fourth-order valence-electron chi connectivity index (χ4n) is 2.32. The molecule has 2 aliphatic carbocycles. The molecule has 0 aromatic carbocycles. The minimum Gasteiger partial charge on any atom is -0.328 e. The fourth-order valence-corrected chi connectivity index (χ4v) is 3.39. The SMILES string of the molecule is CC(N)Cc1csc(C2CC23CC3)n1. The van der Waals surface area contributed by atoms with Crippen molar-refractivity contribution >= 4 is 11.3 Å². The van der Waals surface area contributed by atoms with Gasteiger partial charge in [0.1, 0.15) is 0 Å². The van der Waals surface area contributed by atoms with E-state index in [9.17, 15) is 0 Å². The van der Waals surface area contributed by atoms with Crippen molar-refractivity contribution in [2.45, 2.75) is 44.6 Å². The maximum atomic E-state index is 5.76. The fraction of sp³-hybridized carbons (Fsp3) is 0.727. The van der Waals surface area contributed by atoms with Gasteiger partial charge in [0.05, 0.1) is 10.7 Å². The highest BCUT2D eigenvalue weighted by atomic mass is 32.1. The van der Waals surface area contributed by atoms with Gasteiger partial charge in [0, 0.05) is 23.8 Å². The lowest BCUT2D eigenvalue weighted by molar-refractivity contribution is 0.721. The standard InChI is InChI=1S/C11H16N2S/c1-7(12)4-8-6-14-10(13-8)9-5-11(9)2-3-11/h6-7,9H,2-5,12H2,1H3. The largest absolute Gasteiger partial charge is 0.328 e. The Morgan fingerprint density at radius 3 is 3.07 bits per heavy atom. The average molecular weight is 208 g/mol. The second-order valence-electron chi connectivity index (χ2n) is 4.98. The summed E-state index contributed by atoms with van der Waals surface area (Å²) in [7, 11) is 0. The van der Waals surface area contributed by atoms with Crippen molar-refractivity contribution in [2.24, 2.45) is 11.1 Å². The first kappa shape index (κ1) is 8.86. The minimum absolute atomic E-state index is 0.235. The Balaban J connectivity index is 1.71. The maximum absolute atomic E-state index is 5.76. The molecule has 3 heteroatoms. The van der Waals surface area contributed by atoms with Crippen LogP contribution in [-0.4, -0.2) is 11.0 Å². The van der Waals surface area contributed by atoms with Gasteiger partial charge >= 0.3 is 0 Å². The van der Waals surface area contributed by atoms with Crippen molar-refractivity contribution < 1.29 is 0 Å². The van der Waals surface area contributed by atoms with Crippen LogP contribution in [-0.2, 0) is 6.42 Å². The smallest absolute Gasteiger partial charge is 0.0965 e. The summed E-state index contributed by atoms with van der Waals surface area (Å²) in [5.74, 6) is 0.814. The molecule has 2 aliphatic rings. The first-order valence-corrected chi connectivity index (χ1v) is 6.27. The summed E-state index contributed by atoms with van der Waals surface area (Å²) in [5, 5.41) is 3.56. The zero-order valence-corrected chi connectivity index (χ0v) is 9.31. The van der Waals surface area contributed by atoms with Crippen LogP contribution in [0.5, 0.6) is 0 Å². The molecule has 1 aromatic heterocycles. The number of nitrogens with two attached hydrogens (primary N) is 1. The lowest BCUT2D eigenvalue weighted by Gasteiger charge is -1.99. The Morgan fingerprint density at radius 1 is 1.71 bits per heavy atom. The molecule has 2 nitrogen and oxygen atoms in total. The molecule has 2 fully saturated rings. The van der Waals surface area contributed by atoms with Crippen molar-refractivity contribution in [1.29, 1.82) is 0 Å². The molecule has 14 heavy (non-hydrogen) atoms. The van der Waals surface area contributed by atoms with Gasteiger partial charge in [-0.25, -0.2) is 4.98 Å². The second-order valence-corrected chi connectivity index (χ2v) is 5.87. The Bertz CT molecular complexity index is 352. The lowest BCUT2D eigenvalue weighted by atomic mass is 10.2. The number of hydrogen-bond acceptors (Lipinski definition) is 3. The highest BCUT2D eigenvalue weighted by molar-refractivity contribution is 7.09. The quantitative estimate of drug-likeness (QED) is 0.827. The molecular formula is C11H16N2S. The summed E-state index contributed by atoms with van der Waals surface area (Å²) in [6.07, 6.45) is 5.22. The number of nitrogens with zero attached hydrogens (tertiary/aromatic N) is 1. The summed E-state index contributed by atoms with van der Waals surface area (Å²) < 4.78 is 0. The molecule has 2 atom stereocenters. The van der Waals surface area contributed by atoms with Crippen LogP contribution in [0, 0.1) is 5.41 Å². The van der Waals surface area contributed by atoms with Gasteiger partial charge in [-0.05, 0) is 31.6 Å². The van der Waals surface area contributed by atoms with Gasteiger partial charge in [0.2, 0.25) is 0 Å². The predicted molar refractivity (Wildman–Crippen MR) is 58.5 cm³/mol. The number of thiazole rings is 1. The van der Waals surface area contributed by atoms with Crippen LogP contribution in [0.3, 0.4) is 0 Å². The molecule has 1 heterocycles. The molecule has 2 N–H and O–H groups in total. The molecule has 76 valence electrons. The Hall–Kier alpha value is -0.410. The normalized spacial score (nSPS) is 29.1. The molecule has 0 bridgehead atoms. The maximum Gasteiger partial charge on any atom is 0.0965 e. The van der Waals surface area contributed by atoms with Gasteiger partial charge in [-0.15, -0.1) is 11.3 Å². The third kappa shape index (κ3) is 1.39. The first-order valence-electron chi connectivity index (χ1n) is 5.39. The van der Waals surface area contributed by atoms with Gasteiger partial charge in [-0.3, -0.25) is 0 Å². The van der Waals surface area contributed by atoms with E-state index in [0.29, 0.717) is 0 Å². The van der Waals surface area contributed by atoms with Crippen LogP contribution in [0.25, 0.3) is 0 Å². The molecule has 0 aliphatic heterocycles. The zero-order chi connectivity index (χ0) is 9.76. The molecule has 0 saturated heterocycles. The summed E-state index contributed by atoms with van der Waals surface area (Å²) in [4.78, 5) is 4.69. The van der Waals surface area contributed by atoms with Gasteiger partial charge < -0.3 is 5.73 Å². The van der Waals surface area contributed by atoms with Crippen LogP contribution in [0.4, 0.5) is 0 Å². The van der Waals surface area contributed by atoms with Crippen molar-refractivity contribution in [3.63, 3.8) is 0 Å². The van der Waals surface area contributed by atoms with E-state index in [-0.39, 0.29) is 6.04 Å². The van der Waals surface area contributed by atoms with E-state index in [2.05, 4.69) is 10.4 Å². The molecule has 0 amide bonds. The van der Waals surface area contributed by atoms with E-state index in [1.54, 1.807) is 0 Å². The minimum atomic E-state index is 0.235. The van der Waals surface area contributed by atoms with E-state index < -0.39 is 0 Å². The zero-order valence-electron chi connectivity index (χ0n) is 8.49. The highest BCUT2D eigenvalue weighted by Gasteiger charge is 2.64. The van der Waals surface area contributed by atoms with Crippen molar-refractivity contribution in [3.05, 3.63) is 16.1 Å². The average Bonchev–Trinajstić information content (AvgIpc) is 3.00. The lowest BCUT2D eigenvalue weighted by Crippen LogP contribution is -2.17. The molecule has 0 radical (unpaired) electrons. The molecule has 1 aromatic rings. The van der Waals surface area contributed by atoms with E-state index in [1.165, 1.54) is 30.0 Å². The summed E-state index contributed by atoms with van der Waals surface area (Å²) in [6.45, 7) is 2.04. The van der Waals surface area contributed by atoms with E-state index >= 15 is 0 Å². The van der Waals surface area contributed by atoms with Crippen molar-refractivity contribution in [3.8, 4) is 0 Å². The van der Waals surface area contributed by atoms with Gasteiger partial charge in [-0.1, -0.05) is 0 Å². The second kappa shape index (κ2) is 2.80. The van der Waals surface area contributed by atoms with Crippen molar-refractivity contribution in [2.75, 3.05) is 0 Å². The van der Waals surface area contributed by atoms with Crippen LogP contribution < -0.4 is 5.73 Å². The third-order valence-corrected chi connectivity index (χ3v) is 4.49. The molecule has 2 saturated carbocycles. The number of hydrogen-bond donors (Lipinski definition) is 1. The van der Waals surface area contributed by atoms with Gasteiger partial charge in [-0.2, -0.15) is 0 Å². The molecular weight excluding hydrogens is 192 g/mol. The van der Waals surface area contributed by atoms with E-state index in [1.807, 2.05) is 18.3 Å². The summed E-state index contributed by atoms with van der Waals surface area (Å²) >= 11 is 1.84. The number of aromatic nitrogens is 1.